The molecule has 1 saturated heterocycles. The number of rotatable bonds is 5. The molecule has 144 valence electrons. The molecule has 1 aliphatic heterocycles. The van der Waals surface area contributed by atoms with E-state index in [4.69, 9.17) is 16.2 Å². The third-order valence-electron chi connectivity index (χ3n) is 5.45. The predicted octanol–water partition coefficient (Wildman–Crippen LogP) is 1.99. The maximum atomic E-state index is 5.98. The van der Waals surface area contributed by atoms with E-state index in [-0.39, 0.29) is 0 Å². The number of hydrogen-bond acceptors (Lipinski definition) is 7. The standard InChI is InChI=1S/C20H28N6O/c1-2-27-18-6-4-3-5-17(18)25-7-9-26(10-8-25)19-13-16(23-20(22)24-19)14-11-15(21)12-14/h3-6,13-15H,2,7-12,21H2,1H3,(H2,22,23,24). The number of para-hydroxylation sites is 2. The summed E-state index contributed by atoms with van der Waals surface area (Å²) in [5.41, 5.74) is 14.1. The highest BCUT2D eigenvalue weighted by molar-refractivity contribution is 5.59. The molecule has 27 heavy (non-hydrogen) atoms. The Morgan fingerprint density at radius 1 is 1.07 bits per heavy atom. The van der Waals surface area contributed by atoms with E-state index in [1.54, 1.807) is 0 Å². The van der Waals surface area contributed by atoms with Gasteiger partial charge in [0, 0.05) is 44.2 Å². The van der Waals surface area contributed by atoms with Crippen LogP contribution in [0.4, 0.5) is 17.5 Å². The summed E-state index contributed by atoms with van der Waals surface area (Å²) in [4.78, 5) is 13.6. The zero-order chi connectivity index (χ0) is 18.8. The smallest absolute Gasteiger partial charge is 0.222 e. The fraction of sp³-hybridized carbons (Fsp3) is 0.500. The molecule has 0 unspecified atom stereocenters. The minimum absolute atomic E-state index is 0.295. The van der Waals surface area contributed by atoms with Crippen LogP contribution in [-0.4, -0.2) is 48.8 Å². The second kappa shape index (κ2) is 7.60. The van der Waals surface area contributed by atoms with Crippen molar-refractivity contribution in [2.45, 2.75) is 31.7 Å². The summed E-state index contributed by atoms with van der Waals surface area (Å²) in [6.45, 7) is 6.29. The first-order chi connectivity index (χ1) is 13.1. The number of piperazine rings is 1. The number of benzene rings is 1. The first-order valence-electron chi connectivity index (χ1n) is 9.75. The average Bonchev–Trinajstić information content (AvgIpc) is 2.66. The zero-order valence-electron chi connectivity index (χ0n) is 15.8. The first-order valence-corrected chi connectivity index (χ1v) is 9.75. The fourth-order valence-electron chi connectivity index (χ4n) is 3.92. The molecule has 2 aromatic rings. The van der Waals surface area contributed by atoms with Gasteiger partial charge in [-0.05, 0) is 31.9 Å². The molecule has 4 N–H and O–H groups in total. The van der Waals surface area contributed by atoms with Gasteiger partial charge in [-0.3, -0.25) is 0 Å². The van der Waals surface area contributed by atoms with Crippen molar-refractivity contribution in [2.24, 2.45) is 5.73 Å². The van der Waals surface area contributed by atoms with Crippen molar-refractivity contribution >= 4 is 17.5 Å². The molecule has 2 fully saturated rings. The highest BCUT2D eigenvalue weighted by Gasteiger charge is 2.30. The molecule has 0 radical (unpaired) electrons. The summed E-state index contributed by atoms with van der Waals surface area (Å²) in [6.07, 6.45) is 1.97. The second-order valence-electron chi connectivity index (χ2n) is 7.31. The molecule has 0 amide bonds. The molecule has 2 aliphatic rings. The van der Waals surface area contributed by atoms with Crippen LogP contribution in [-0.2, 0) is 0 Å². The molecule has 7 nitrogen and oxygen atoms in total. The Morgan fingerprint density at radius 2 is 1.78 bits per heavy atom. The lowest BCUT2D eigenvalue weighted by Gasteiger charge is -2.38. The number of nitrogen functional groups attached to an aromatic ring is 1. The van der Waals surface area contributed by atoms with Gasteiger partial charge < -0.3 is 26.0 Å². The van der Waals surface area contributed by atoms with E-state index < -0.39 is 0 Å². The minimum atomic E-state index is 0.295. The van der Waals surface area contributed by atoms with Gasteiger partial charge in [0.2, 0.25) is 5.95 Å². The van der Waals surface area contributed by atoms with E-state index in [2.05, 4.69) is 38.0 Å². The lowest BCUT2D eigenvalue weighted by molar-refractivity contribution is 0.340. The number of nitrogens with zero attached hydrogens (tertiary/aromatic N) is 4. The van der Waals surface area contributed by atoms with Crippen molar-refractivity contribution in [1.82, 2.24) is 9.97 Å². The van der Waals surface area contributed by atoms with Crippen molar-refractivity contribution in [3.8, 4) is 5.75 Å². The third-order valence-corrected chi connectivity index (χ3v) is 5.45. The molecule has 1 aromatic carbocycles. The normalized spacial score (nSPS) is 22.4. The number of ether oxygens (including phenoxy) is 1. The van der Waals surface area contributed by atoms with Gasteiger partial charge in [-0.15, -0.1) is 0 Å². The third kappa shape index (κ3) is 3.78. The van der Waals surface area contributed by atoms with Gasteiger partial charge in [-0.25, -0.2) is 4.98 Å². The Morgan fingerprint density at radius 3 is 2.48 bits per heavy atom. The Labute approximate surface area is 160 Å². The maximum Gasteiger partial charge on any atom is 0.222 e. The van der Waals surface area contributed by atoms with Crippen molar-refractivity contribution in [1.29, 1.82) is 0 Å². The van der Waals surface area contributed by atoms with E-state index in [0.717, 1.165) is 62.0 Å². The van der Waals surface area contributed by atoms with Crippen LogP contribution in [0.25, 0.3) is 0 Å². The quantitative estimate of drug-likeness (QED) is 0.833. The number of aromatic nitrogens is 2. The van der Waals surface area contributed by atoms with Crippen LogP contribution >= 0.6 is 0 Å². The lowest BCUT2D eigenvalue weighted by Crippen LogP contribution is -2.47. The Hall–Kier alpha value is -2.54. The molecular weight excluding hydrogens is 340 g/mol. The Bertz CT molecular complexity index is 784. The van der Waals surface area contributed by atoms with E-state index in [1.165, 1.54) is 0 Å². The average molecular weight is 368 g/mol. The fourth-order valence-corrected chi connectivity index (χ4v) is 3.92. The van der Waals surface area contributed by atoms with Gasteiger partial charge in [0.05, 0.1) is 18.0 Å². The van der Waals surface area contributed by atoms with Crippen LogP contribution in [0.3, 0.4) is 0 Å². The Kier molecular flexibility index (Phi) is 5.03. The van der Waals surface area contributed by atoms with Crippen LogP contribution in [0.15, 0.2) is 30.3 Å². The summed E-state index contributed by atoms with van der Waals surface area (Å²) < 4.78 is 5.78. The molecule has 1 saturated carbocycles. The number of anilines is 3. The highest BCUT2D eigenvalue weighted by Crippen LogP contribution is 2.36. The summed E-state index contributed by atoms with van der Waals surface area (Å²) in [5.74, 6) is 2.65. The van der Waals surface area contributed by atoms with Crippen LogP contribution in [0, 0.1) is 0 Å². The topological polar surface area (TPSA) is 93.5 Å². The highest BCUT2D eigenvalue weighted by atomic mass is 16.5. The first kappa shape index (κ1) is 17.9. The van der Waals surface area contributed by atoms with Gasteiger partial charge in [0.25, 0.3) is 0 Å². The minimum Gasteiger partial charge on any atom is -0.492 e. The van der Waals surface area contributed by atoms with Gasteiger partial charge in [-0.2, -0.15) is 4.98 Å². The van der Waals surface area contributed by atoms with Crippen molar-refractivity contribution in [3.05, 3.63) is 36.0 Å². The molecular formula is C20H28N6O. The van der Waals surface area contributed by atoms with E-state index in [0.29, 0.717) is 24.5 Å². The Balaban J connectivity index is 1.45. The largest absolute Gasteiger partial charge is 0.492 e. The molecule has 1 aliphatic carbocycles. The van der Waals surface area contributed by atoms with Crippen molar-refractivity contribution in [2.75, 3.05) is 48.3 Å². The van der Waals surface area contributed by atoms with E-state index >= 15 is 0 Å². The molecule has 2 heterocycles. The van der Waals surface area contributed by atoms with Gasteiger partial charge in [0.15, 0.2) is 0 Å². The molecule has 0 spiro atoms. The van der Waals surface area contributed by atoms with Crippen LogP contribution < -0.4 is 26.0 Å². The van der Waals surface area contributed by atoms with Crippen molar-refractivity contribution in [3.63, 3.8) is 0 Å². The summed E-state index contributed by atoms with van der Waals surface area (Å²) in [6, 6.07) is 10.6. The SMILES string of the molecule is CCOc1ccccc1N1CCN(c2cc(C3CC(N)C3)nc(N)n2)CC1. The monoisotopic (exact) mass is 368 g/mol. The zero-order valence-corrected chi connectivity index (χ0v) is 15.8. The van der Waals surface area contributed by atoms with Crippen LogP contribution in [0.1, 0.15) is 31.4 Å². The second-order valence-corrected chi connectivity index (χ2v) is 7.31. The summed E-state index contributed by atoms with van der Waals surface area (Å²) in [5, 5.41) is 0. The maximum absolute atomic E-state index is 5.98. The van der Waals surface area contributed by atoms with E-state index in [9.17, 15) is 0 Å². The van der Waals surface area contributed by atoms with Gasteiger partial charge in [-0.1, -0.05) is 12.1 Å². The molecule has 0 bridgehead atoms. The predicted molar refractivity (Wildman–Crippen MR) is 108 cm³/mol. The van der Waals surface area contributed by atoms with Gasteiger partial charge in [0.1, 0.15) is 11.6 Å². The van der Waals surface area contributed by atoms with Crippen molar-refractivity contribution < 1.29 is 4.74 Å². The molecule has 0 atom stereocenters. The van der Waals surface area contributed by atoms with Crippen LogP contribution in [0.5, 0.6) is 5.75 Å². The summed E-state index contributed by atoms with van der Waals surface area (Å²) in [7, 11) is 0. The van der Waals surface area contributed by atoms with Gasteiger partial charge >= 0.3 is 0 Å². The molecule has 1 aromatic heterocycles. The number of nitrogens with two attached hydrogens (primary N) is 2. The van der Waals surface area contributed by atoms with Crippen LogP contribution in [0.2, 0.25) is 0 Å². The number of hydrogen-bond donors (Lipinski definition) is 2. The lowest BCUT2D eigenvalue weighted by atomic mass is 9.78. The molecule has 4 rings (SSSR count). The van der Waals surface area contributed by atoms with E-state index in [1.807, 2.05) is 19.1 Å². The molecule has 7 heteroatoms. The summed E-state index contributed by atoms with van der Waals surface area (Å²) >= 11 is 0.